The molecule has 2 aromatic carbocycles. The van der Waals surface area contributed by atoms with Gasteiger partial charge in [-0.1, -0.05) is 47.1 Å². The van der Waals surface area contributed by atoms with Crippen molar-refractivity contribution in [1.29, 1.82) is 0 Å². The van der Waals surface area contributed by atoms with Gasteiger partial charge in [-0.05, 0) is 38.1 Å². The summed E-state index contributed by atoms with van der Waals surface area (Å²) in [4.78, 5) is 20.6. The van der Waals surface area contributed by atoms with Crippen LogP contribution in [-0.2, 0) is 19.5 Å². The SMILES string of the molecule is CCOC(=O)N=[S-](=O)c1ccc(Nc2ncc(C#Cc3ccccc3)c(N[C@H](C)CO)n2)cc1. The number of hydrogen-bond donors (Lipinski definition) is 3. The van der Waals surface area contributed by atoms with Gasteiger partial charge in [0.25, 0.3) is 0 Å². The summed E-state index contributed by atoms with van der Waals surface area (Å²) in [6, 6.07) is 15.8. The molecule has 1 aromatic heterocycles. The third kappa shape index (κ3) is 7.30. The van der Waals surface area contributed by atoms with E-state index in [4.69, 9.17) is 0 Å². The van der Waals surface area contributed by atoms with Crippen molar-refractivity contribution in [3.8, 4) is 11.8 Å². The fraction of sp³-hybridized carbons (Fsp3) is 0.208. The van der Waals surface area contributed by atoms with E-state index < -0.39 is 16.7 Å². The zero-order chi connectivity index (χ0) is 24.3. The number of nitrogens with zero attached hydrogens (tertiary/aromatic N) is 3. The third-order valence-electron chi connectivity index (χ3n) is 4.30. The van der Waals surface area contributed by atoms with E-state index >= 15 is 0 Å². The molecule has 0 aliphatic carbocycles. The molecular weight excluding hydrogens is 454 g/mol. The van der Waals surface area contributed by atoms with Crippen LogP contribution in [0.1, 0.15) is 25.0 Å². The second-order valence-corrected chi connectivity index (χ2v) is 8.14. The van der Waals surface area contributed by atoms with E-state index in [1.165, 1.54) is 0 Å². The lowest BCUT2D eigenvalue weighted by Crippen LogP contribution is -2.21. The van der Waals surface area contributed by atoms with Crippen LogP contribution in [0.3, 0.4) is 0 Å². The lowest BCUT2D eigenvalue weighted by molar-refractivity contribution is 0.164. The normalized spacial score (nSPS) is 12.2. The molecule has 0 radical (unpaired) electrons. The van der Waals surface area contributed by atoms with Crippen LogP contribution in [0.5, 0.6) is 0 Å². The van der Waals surface area contributed by atoms with Crippen LogP contribution in [0, 0.1) is 11.8 Å². The minimum absolute atomic E-state index is 0.0756. The Bertz CT molecular complexity index is 1260. The summed E-state index contributed by atoms with van der Waals surface area (Å²) in [5.74, 6) is 6.93. The summed E-state index contributed by atoms with van der Waals surface area (Å²) in [6.07, 6.45) is 0.725. The van der Waals surface area contributed by atoms with Crippen molar-refractivity contribution >= 4 is 34.1 Å². The summed E-state index contributed by atoms with van der Waals surface area (Å²) in [7, 11) is -1.86. The number of nitrogens with one attached hydrogen (secondary N) is 2. The van der Waals surface area contributed by atoms with Crippen molar-refractivity contribution in [1.82, 2.24) is 9.97 Å². The van der Waals surface area contributed by atoms with Crippen LogP contribution >= 0.6 is 0 Å². The molecule has 0 unspecified atom stereocenters. The largest absolute Gasteiger partial charge is 0.450 e. The van der Waals surface area contributed by atoms with Crippen molar-refractivity contribution < 1.29 is 18.8 Å². The van der Waals surface area contributed by atoms with Gasteiger partial charge in [-0.2, -0.15) is 4.98 Å². The number of aromatic nitrogens is 2. The van der Waals surface area contributed by atoms with E-state index in [-0.39, 0.29) is 19.3 Å². The lowest BCUT2D eigenvalue weighted by Gasteiger charge is -2.14. The Morgan fingerprint density at radius 2 is 1.91 bits per heavy atom. The predicted octanol–water partition coefficient (Wildman–Crippen LogP) is 4.08. The molecule has 9 nitrogen and oxygen atoms in total. The number of amides is 1. The van der Waals surface area contributed by atoms with Crippen molar-refractivity contribution in [2.24, 2.45) is 4.36 Å². The molecular formula is C24H24N5O4S-. The molecule has 0 bridgehead atoms. The van der Waals surface area contributed by atoms with Crippen molar-refractivity contribution in [3.63, 3.8) is 0 Å². The summed E-state index contributed by atoms with van der Waals surface area (Å²) >= 11 is 0. The van der Waals surface area contributed by atoms with Gasteiger partial charge in [-0.25, -0.2) is 9.78 Å². The van der Waals surface area contributed by atoms with Gasteiger partial charge in [0.15, 0.2) is 0 Å². The minimum atomic E-state index is -1.86. The number of rotatable bonds is 7. The minimum Gasteiger partial charge on any atom is -0.450 e. The first-order valence-electron chi connectivity index (χ1n) is 10.5. The Labute approximate surface area is 199 Å². The fourth-order valence-electron chi connectivity index (χ4n) is 2.64. The highest BCUT2D eigenvalue weighted by Crippen LogP contribution is 2.19. The monoisotopic (exact) mass is 478 g/mol. The predicted molar refractivity (Wildman–Crippen MR) is 130 cm³/mol. The quantitative estimate of drug-likeness (QED) is 0.343. The molecule has 34 heavy (non-hydrogen) atoms. The van der Waals surface area contributed by atoms with Crippen LogP contribution in [0.25, 0.3) is 0 Å². The summed E-state index contributed by atoms with van der Waals surface area (Å²) in [5.41, 5.74) is 2.08. The summed E-state index contributed by atoms with van der Waals surface area (Å²) in [6.45, 7) is 3.55. The number of aliphatic hydroxyl groups is 1. The van der Waals surface area contributed by atoms with Gasteiger partial charge in [0.2, 0.25) is 5.95 Å². The van der Waals surface area contributed by atoms with Crippen LogP contribution in [0.2, 0.25) is 0 Å². The maximum absolute atomic E-state index is 12.1. The molecule has 0 aliphatic rings. The summed E-state index contributed by atoms with van der Waals surface area (Å²) in [5, 5.41) is 15.6. The smallest absolute Gasteiger partial charge is 0.410 e. The Hall–Kier alpha value is -3.94. The van der Waals surface area contributed by atoms with Gasteiger partial charge in [-0.3, -0.25) is 4.36 Å². The zero-order valence-electron chi connectivity index (χ0n) is 18.7. The van der Waals surface area contributed by atoms with E-state index in [2.05, 4.69) is 41.5 Å². The average Bonchev–Trinajstić information content (AvgIpc) is 2.84. The molecule has 3 aromatic rings. The van der Waals surface area contributed by atoms with Crippen LogP contribution in [0.4, 0.5) is 22.2 Å². The highest BCUT2D eigenvalue weighted by atomic mass is 32.2. The van der Waals surface area contributed by atoms with Gasteiger partial charge in [0.05, 0.1) is 25.0 Å². The summed E-state index contributed by atoms with van der Waals surface area (Å²) < 4.78 is 20.3. The molecule has 3 N–H and O–H groups in total. The molecule has 0 saturated carbocycles. The second kappa shape index (κ2) is 12.3. The molecule has 1 heterocycles. The molecule has 1 amide bonds. The number of anilines is 3. The highest BCUT2D eigenvalue weighted by Gasteiger charge is 2.09. The Kier molecular flexibility index (Phi) is 8.96. The van der Waals surface area contributed by atoms with Crippen LogP contribution < -0.4 is 10.6 Å². The van der Waals surface area contributed by atoms with Crippen molar-refractivity contribution in [2.45, 2.75) is 24.8 Å². The average molecular weight is 479 g/mol. The van der Waals surface area contributed by atoms with Gasteiger partial charge < -0.3 is 24.7 Å². The topological polar surface area (TPSA) is 126 Å². The molecule has 3 rings (SSSR count). The number of carbonyl (C=O) groups is 1. The first-order chi connectivity index (χ1) is 16.5. The first kappa shape index (κ1) is 24.7. The number of ether oxygens (including phenoxy) is 1. The van der Waals surface area contributed by atoms with Gasteiger partial charge in [0.1, 0.15) is 5.82 Å². The molecule has 0 fully saturated rings. The maximum atomic E-state index is 12.1. The Morgan fingerprint density at radius 1 is 1.18 bits per heavy atom. The van der Waals surface area contributed by atoms with E-state index in [1.54, 1.807) is 37.4 Å². The van der Waals surface area contributed by atoms with E-state index in [1.807, 2.05) is 37.3 Å². The van der Waals surface area contributed by atoms with E-state index in [9.17, 15) is 14.1 Å². The van der Waals surface area contributed by atoms with E-state index in [0.717, 1.165) is 5.56 Å². The fourth-order valence-corrected chi connectivity index (χ4v) is 3.30. The molecule has 1 atom stereocenters. The second-order valence-electron chi connectivity index (χ2n) is 6.99. The Morgan fingerprint density at radius 3 is 2.59 bits per heavy atom. The van der Waals surface area contributed by atoms with Crippen LogP contribution in [-0.4, -0.2) is 40.4 Å². The lowest BCUT2D eigenvalue weighted by atomic mass is 10.2. The number of benzene rings is 2. The van der Waals surface area contributed by atoms with Gasteiger partial charge in [0, 0.05) is 17.3 Å². The molecule has 10 heteroatoms. The maximum Gasteiger partial charge on any atom is 0.410 e. The van der Waals surface area contributed by atoms with Crippen molar-refractivity contribution in [3.05, 3.63) is 71.9 Å². The Balaban J connectivity index is 1.80. The molecule has 0 spiro atoms. The van der Waals surface area contributed by atoms with Crippen LogP contribution in [0.15, 0.2) is 70.1 Å². The molecule has 176 valence electrons. The van der Waals surface area contributed by atoms with Gasteiger partial charge in [-0.15, -0.1) is 10.6 Å². The standard InChI is InChI=1S/C24H24N5O4S/c1-3-33-24(31)29-34(32)21-13-11-20(12-14-21)27-23-25-15-19(22(28-23)26-17(2)16-30)10-9-18-7-5-4-6-8-18/h4-8,11-15,17,30H,3,16H2,1-2H3,(H2,25,26,27,28)/q-1/t17-/m1/s1. The third-order valence-corrected chi connectivity index (χ3v) is 5.29. The molecule has 0 saturated heterocycles. The zero-order valence-corrected chi connectivity index (χ0v) is 19.5. The number of aliphatic hydroxyl groups excluding tert-OH is 1. The molecule has 0 aliphatic heterocycles. The number of hydrogen-bond acceptors (Lipinski definition) is 9. The first-order valence-corrected chi connectivity index (χ1v) is 11.6. The highest BCUT2D eigenvalue weighted by molar-refractivity contribution is 7.75. The van der Waals surface area contributed by atoms with Crippen molar-refractivity contribution in [2.75, 3.05) is 23.8 Å². The van der Waals surface area contributed by atoms with E-state index in [0.29, 0.717) is 27.9 Å². The number of carbonyl (C=O) groups excluding carboxylic acids is 1. The van der Waals surface area contributed by atoms with Gasteiger partial charge >= 0.3 is 6.09 Å².